The molecule has 0 amide bonds. The number of halogens is 1. The van der Waals surface area contributed by atoms with Crippen LogP contribution in [0.2, 0.25) is 5.02 Å². The van der Waals surface area contributed by atoms with E-state index in [1.807, 2.05) is 7.05 Å². The predicted molar refractivity (Wildman–Crippen MR) is 77.0 cm³/mol. The van der Waals surface area contributed by atoms with Gasteiger partial charge in [0, 0.05) is 30.8 Å². The summed E-state index contributed by atoms with van der Waals surface area (Å²) < 4.78 is 0. The number of benzene rings is 1. The van der Waals surface area contributed by atoms with E-state index >= 15 is 0 Å². The molecule has 5 nitrogen and oxygen atoms in total. The van der Waals surface area contributed by atoms with E-state index in [2.05, 4.69) is 17.1 Å². The summed E-state index contributed by atoms with van der Waals surface area (Å²) in [5.74, 6) is 0. The van der Waals surface area contributed by atoms with E-state index in [4.69, 9.17) is 11.6 Å². The maximum atomic E-state index is 10.7. The van der Waals surface area contributed by atoms with Crippen LogP contribution in [0.3, 0.4) is 0 Å². The zero-order chi connectivity index (χ0) is 14.0. The zero-order valence-corrected chi connectivity index (χ0v) is 11.9. The highest BCUT2D eigenvalue weighted by Crippen LogP contribution is 2.33. The summed E-state index contributed by atoms with van der Waals surface area (Å²) in [6, 6.07) is 4.67. The van der Waals surface area contributed by atoms with Crippen LogP contribution in [0.1, 0.15) is 19.8 Å². The molecule has 0 unspecified atom stereocenters. The van der Waals surface area contributed by atoms with Gasteiger partial charge in [0.2, 0.25) is 0 Å². The van der Waals surface area contributed by atoms with E-state index < -0.39 is 4.92 Å². The molecule has 0 atom stereocenters. The third kappa shape index (κ3) is 2.98. The fraction of sp³-hybridized carbons (Fsp3) is 0.538. The number of rotatable bonds is 3. The number of hydrogen-bond acceptors (Lipinski definition) is 4. The Hall–Kier alpha value is -1.33. The van der Waals surface area contributed by atoms with Gasteiger partial charge in [0.1, 0.15) is 0 Å². The average molecular weight is 284 g/mol. The van der Waals surface area contributed by atoms with Crippen molar-refractivity contribution in [3.8, 4) is 0 Å². The molecule has 0 aliphatic carbocycles. The van der Waals surface area contributed by atoms with Crippen LogP contribution in [-0.4, -0.2) is 30.6 Å². The van der Waals surface area contributed by atoms with Crippen LogP contribution >= 0.6 is 11.6 Å². The number of nitrogens with one attached hydrogen (secondary N) is 1. The normalized spacial score (nSPS) is 18.4. The Kier molecular flexibility index (Phi) is 3.96. The molecule has 6 heteroatoms. The van der Waals surface area contributed by atoms with Crippen molar-refractivity contribution in [2.45, 2.75) is 25.3 Å². The number of piperidine rings is 1. The number of nitrogens with zero attached hydrogens (tertiary/aromatic N) is 2. The summed E-state index contributed by atoms with van der Waals surface area (Å²) >= 11 is 6.15. The van der Waals surface area contributed by atoms with Gasteiger partial charge in [0.05, 0.1) is 15.6 Å². The Bertz CT molecular complexity index is 485. The van der Waals surface area contributed by atoms with Crippen molar-refractivity contribution in [1.82, 2.24) is 5.32 Å². The van der Waals surface area contributed by atoms with Crippen molar-refractivity contribution in [2.24, 2.45) is 0 Å². The highest BCUT2D eigenvalue weighted by Gasteiger charge is 2.29. The smallest absolute Gasteiger partial charge is 0.271 e. The SMILES string of the molecule is CNC1(C)CCN(c2ccc([N+](=O)[O-])cc2Cl)CC1. The number of nitro benzene ring substituents is 1. The quantitative estimate of drug-likeness (QED) is 0.684. The third-order valence-corrected chi connectivity index (χ3v) is 4.26. The van der Waals surface area contributed by atoms with E-state index in [0.717, 1.165) is 31.6 Å². The fourth-order valence-corrected chi connectivity index (χ4v) is 2.65. The van der Waals surface area contributed by atoms with Gasteiger partial charge in [-0.15, -0.1) is 0 Å². The maximum absolute atomic E-state index is 10.7. The minimum atomic E-state index is -0.427. The lowest BCUT2D eigenvalue weighted by molar-refractivity contribution is -0.384. The summed E-state index contributed by atoms with van der Waals surface area (Å²) in [7, 11) is 1.98. The molecule has 1 N–H and O–H groups in total. The van der Waals surface area contributed by atoms with Gasteiger partial charge >= 0.3 is 0 Å². The van der Waals surface area contributed by atoms with Crippen LogP contribution in [0.25, 0.3) is 0 Å². The van der Waals surface area contributed by atoms with Crippen molar-refractivity contribution in [3.05, 3.63) is 33.3 Å². The van der Waals surface area contributed by atoms with Gasteiger partial charge in [0.15, 0.2) is 0 Å². The van der Waals surface area contributed by atoms with Gasteiger partial charge in [-0.25, -0.2) is 0 Å². The van der Waals surface area contributed by atoms with Crippen molar-refractivity contribution >= 4 is 23.0 Å². The monoisotopic (exact) mass is 283 g/mol. The van der Waals surface area contributed by atoms with Gasteiger partial charge in [-0.3, -0.25) is 10.1 Å². The van der Waals surface area contributed by atoms with Crippen LogP contribution in [0.5, 0.6) is 0 Å². The second-order valence-corrected chi connectivity index (χ2v) is 5.60. The lowest BCUT2D eigenvalue weighted by Crippen LogP contribution is -2.50. The first kappa shape index (κ1) is 14.1. The van der Waals surface area contributed by atoms with E-state index in [0.29, 0.717) is 5.02 Å². The molecule has 1 heterocycles. The molecule has 0 radical (unpaired) electrons. The second kappa shape index (κ2) is 5.35. The van der Waals surface area contributed by atoms with Crippen LogP contribution in [-0.2, 0) is 0 Å². The van der Waals surface area contributed by atoms with Crippen molar-refractivity contribution < 1.29 is 4.92 Å². The first-order chi connectivity index (χ1) is 8.95. The van der Waals surface area contributed by atoms with Gasteiger partial charge in [0.25, 0.3) is 5.69 Å². The molecule has 19 heavy (non-hydrogen) atoms. The number of non-ortho nitro benzene ring substituents is 1. The summed E-state index contributed by atoms with van der Waals surface area (Å²) in [6.45, 7) is 4.01. The zero-order valence-electron chi connectivity index (χ0n) is 11.1. The summed E-state index contributed by atoms with van der Waals surface area (Å²) in [5.41, 5.74) is 1.08. The lowest BCUT2D eigenvalue weighted by atomic mass is 9.89. The van der Waals surface area contributed by atoms with Gasteiger partial charge in [-0.05, 0) is 32.9 Å². The van der Waals surface area contributed by atoms with E-state index in [9.17, 15) is 10.1 Å². The third-order valence-electron chi connectivity index (χ3n) is 3.95. The lowest BCUT2D eigenvalue weighted by Gasteiger charge is -2.40. The van der Waals surface area contributed by atoms with E-state index in [1.165, 1.54) is 12.1 Å². The first-order valence-electron chi connectivity index (χ1n) is 6.33. The largest absolute Gasteiger partial charge is 0.370 e. The van der Waals surface area contributed by atoms with Crippen molar-refractivity contribution in [3.63, 3.8) is 0 Å². The second-order valence-electron chi connectivity index (χ2n) is 5.19. The number of hydrogen-bond donors (Lipinski definition) is 1. The molecule has 0 saturated carbocycles. The highest BCUT2D eigenvalue weighted by molar-refractivity contribution is 6.33. The highest BCUT2D eigenvalue weighted by atomic mass is 35.5. The van der Waals surface area contributed by atoms with E-state index in [-0.39, 0.29) is 11.2 Å². The molecule has 1 aromatic carbocycles. The molecule has 2 rings (SSSR count). The molecule has 1 aliphatic heterocycles. The molecular formula is C13H18ClN3O2. The molecule has 0 spiro atoms. The number of nitro groups is 1. The van der Waals surface area contributed by atoms with Crippen LogP contribution in [0.4, 0.5) is 11.4 Å². The Morgan fingerprint density at radius 3 is 2.53 bits per heavy atom. The molecule has 1 fully saturated rings. The summed E-state index contributed by atoms with van der Waals surface area (Å²) in [4.78, 5) is 12.4. The summed E-state index contributed by atoms with van der Waals surface area (Å²) in [5, 5.41) is 14.5. The molecule has 1 aromatic rings. The predicted octanol–water partition coefficient (Wildman–Crippen LogP) is 2.83. The fourth-order valence-electron chi connectivity index (χ4n) is 2.36. The average Bonchev–Trinajstić information content (AvgIpc) is 2.40. The molecule has 104 valence electrons. The molecule has 0 bridgehead atoms. The van der Waals surface area contributed by atoms with Crippen LogP contribution in [0.15, 0.2) is 18.2 Å². The van der Waals surface area contributed by atoms with Gasteiger partial charge in [-0.2, -0.15) is 0 Å². The molecule has 0 aromatic heterocycles. The Labute approximate surface area is 117 Å². The minimum Gasteiger partial charge on any atom is -0.370 e. The van der Waals surface area contributed by atoms with Crippen LogP contribution in [0, 0.1) is 10.1 Å². The maximum Gasteiger partial charge on any atom is 0.271 e. The Balaban J connectivity index is 2.14. The molecular weight excluding hydrogens is 266 g/mol. The first-order valence-corrected chi connectivity index (χ1v) is 6.71. The topological polar surface area (TPSA) is 58.4 Å². The van der Waals surface area contributed by atoms with Crippen molar-refractivity contribution in [1.29, 1.82) is 0 Å². The molecule has 1 aliphatic rings. The van der Waals surface area contributed by atoms with E-state index in [1.54, 1.807) is 6.07 Å². The number of anilines is 1. The van der Waals surface area contributed by atoms with Crippen molar-refractivity contribution in [2.75, 3.05) is 25.0 Å². The Morgan fingerprint density at radius 2 is 2.05 bits per heavy atom. The van der Waals surface area contributed by atoms with Gasteiger partial charge < -0.3 is 10.2 Å². The standard InChI is InChI=1S/C13H18ClN3O2/c1-13(15-2)5-7-16(8-6-13)12-4-3-10(17(18)19)9-11(12)14/h3-4,9,15H,5-8H2,1-2H3. The Morgan fingerprint density at radius 1 is 1.42 bits per heavy atom. The summed E-state index contributed by atoms with van der Waals surface area (Å²) in [6.07, 6.45) is 2.05. The van der Waals surface area contributed by atoms with Gasteiger partial charge in [-0.1, -0.05) is 11.6 Å². The van der Waals surface area contributed by atoms with Crippen LogP contribution < -0.4 is 10.2 Å². The molecule has 1 saturated heterocycles. The minimum absolute atomic E-state index is 0.0332.